The van der Waals surface area contributed by atoms with Crippen LogP contribution in [-0.4, -0.2) is 36.1 Å². The van der Waals surface area contributed by atoms with Gasteiger partial charge >= 0.3 is 0 Å². The average molecular weight is 303 g/mol. The van der Waals surface area contributed by atoms with Crippen LogP contribution in [0.4, 0.5) is 0 Å². The van der Waals surface area contributed by atoms with E-state index in [4.69, 9.17) is 0 Å². The fraction of sp³-hybridized carbons (Fsp3) is 0.250. The Hall–Kier alpha value is -2.23. The molecule has 0 radical (unpaired) electrons. The molecule has 1 saturated heterocycles. The second-order valence-corrected chi connectivity index (χ2v) is 6.08. The molecule has 2 aromatic carbocycles. The van der Waals surface area contributed by atoms with Gasteiger partial charge in [0, 0.05) is 38.6 Å². The normalized spacial score (nSPS) is 17.2. The van der Waals surface area contributed by atoms with Crippen LogP contribution in [0, 0.1) is 0 Å². The van der Waals surface area contributed by atoms with Gasteiger partial charge in [0.15, 0.2) is 0 Å². The smallest absolute Gasteiger partial charge is 0.0604 e. The highest BCUT2D eigenvalue weighted by molar-refractivity contribution is 5.83. The molecule has 0 amide bonds. The number of pyridine rings is 1. The van der Waals surface area contributed by atoms with Crippen molar-refractivity contribution in [3.63, 3.8) is 0 Å². The minimum Gasteiger partial charge on any atom is -0.314 e. The van der Waals surface area contributed by atoms with Crippen LogP contribution >= 0.6 is 0 Å². The number of benzene rings is 2. The first kappa shape index (κ1) is 14.4. The molecule has 1 atom stereocenters. The van der Waals surface area contributed by atoms with E-state index in [0.29, 0.717) is 6.04 Å². The Morgan fingerprint density at radius 1 is 0.826 bits per heavy atom. The van der Waals surface area contributed by atoms with Crippen molar-refractivity contribution in [3.05, 3.63) is 78.1 Å². The molecule has 1 unspecified atom stereocenters. The van der Waals surface area contributed by atoms with E-state index in [1.807, 2.05) is 12.4 Å². The first-order chi connectivity index (χ1) is 11.4. The van der Waals surface area contributed by atoms with Gasteiger partial charge in [-0.2, -0.15) is 0 Å². The van der Waals surface area contributed by atoms with Crippen LogP contribution in [0.5, 0.6) is 0 Å². The van der Waals surface area contributed by atoms with Gasteiger partial charge in [-0.15, -0.1) is 0 Å². The van der Waals surface area contributed by atoms with E-state index in [2.05, 4.69) is 69.8 Å². The van der Waals surface area contributed by atoms with Gasteiger partial charge < -0.3 is 5.32 Å². The molecule has 3 heteroatoms. The van der Waals surface area contributed by atoms with Crippen molar-refractivity contribution in [1.82, 2.24) is 15.2 Å². The highest BCUT2D eigenvalue weighted by atomic mass is 15.2. The van der Waals surface area contributed by atoms with Gasteiger partial charge in [-0.25, -0.2) is 0 Å². The van der Waals surface area contributed by atoms with Crippen molar-refractivity contribution in [2.75, 3.05) is 26.2 Å². The van der Waals surface area contributed by atoms with Gasteiger partial charge in [0.25, 0.3) is 0 Å². The summed E-state index contributed by atoms with van der Waals surface area (Å²) in [4.78, 5) is 6.75. The lowest BCUT2D eigenvalue weighted by molar-refractivity contribution is 0.198. The Morgan fingerprint density at radius 2 is 1.57 bits per heavy atom. The molecular weight excluding hydrogens is 282 g/mol. The summed E-state index contributed by atoms with van der Waals surface area (Å²) in [7, 11) is 0. The summed E-state index contributed by atoms with van der Waals surface area (Å²) < 4.78 is 0. The highest BCUT2D eigenvalue weighted by Crippen LogP contribution is 2.30. The molecule has 0 saturated carbocycles. The van der Waals surface area contributed by atoms with Gasteiger partial charge in [0.2, 0.25) is 0 Å². The molecule has 1 N–H and O–H groups in total. The third kappa shape index (κ3) is 2.98. The molecule has 1 aromatic heterocycles. The maximum Gasteiger partial charge on any atom is 0.0604 e. The molecule has 2 heterocycles. The molecule has 0 aliphatic carbocycles. The molecule has 23 heavy (non-hydrogen) atoms. The lowest BCUT2D eigenvalue weighted by atomic mass is 9.95. The molecule has 1 aliphatic heterocycles. The van der Waals surface area contributed by atoms with E-state index in [1.165, 1.54) is 21.9 Å². The van der Waals surface area contributed by atoms with Gasteiger partial charge in [-0.1, -0.05) is 36.4 Å². The molecule has 0 bridgehead atoms. The van der Waals surface area contributed by atoms with Crippen LogP contribution in [0.2, 0.25) is 0 Å². The van der Waals surface area contributed by atoms with Gasteiger partial charge in [-0.3, -0.25) is 9.88 Å². The van der Waals surface area contributed by atoms with Crippen molar-refractivity contribution in [2.45, 2.75) is 6.04 Å². The summed E-state index contributed by atoms with van der Waals surface area (Å²) in [6.45, 7) is 4.24. The minimum atomic E-state index is 0.296. The highest BCUT2D eigenvalue weighted by Gasteiger charge is 2.23. The number of rotatable bonds is 3. The van der Waals surface area contributed by atoms with Gasteiger partial charge in [0.1, 0.15) is 0 Å². The molecule has 116 valence electrons. The molecule has 4 rings (SSSR count). The van der Waals surface area contributed by atoms with Gasteiger partial charge in [0.05, 0.1) is 6.04 Å². The van der Waals surface area contributed by atoms with Crippen LogP contribution in [-0.2, 0) is 0 Å². The van der Waals surface area contributed by atoms with Crippen LogP contribution < -0.4 is 5.32 Å². The topological polar surface area (TPSA) is 28.2 Å². The Morgan fingerprint density at radius 3 is 2.35 bits per heavy atom. The van der Waals surface area contributed by atoms with E-state index in [1.54, 1.807) is 0 Å². The van der Waals surface area contributed by atoms with E-state index in [0.717, 1.165) is 26.2 Å². The van der Waals surface area contributed by atoms with E-state index in [9.17, 15) is 0 Å². The van der Waals surface area contributed by atoms with Crippen molar-refractivity contribution >= 4 is 10.8 Å². The summed E-state index contributed by atoms with van der Waals surface area (Å²) in [5.41, 5.74) is 2.67. The Balaban J connectivity index is 1.79. The molecule has 0 spiro atoms. The van der Waals surface area contributed by atoms with Crippen LogP contribution in [0.25, 0.3) is 10.8 Å². The molecule has 3 nitrogen and oxygen atoms in total. The molecular formula is C20H21N3. The average Bonchev–Trinajstić information content (AvgIpc) is 2.64. The summed E-state index contributed by atoms with van der Waals surface area (Å²) in [5.74, 6) is 0. The van der Waals surface area contributed by atoms with Crippen molar-refractivity contribution in [1.29, 1.82) is 0 Å². The first-order valence-electron chi connectivity index (χ1n) is 8.25. The number of nitrogens with zero attached hydrogens (tertiary/aromatic N) is 2. The summed E-state index contributed by atoms with van der Waals surface area (Å²) in [5, 5.41) is 6.05. The zero-order chi connectivity index (χ0) is 15.5. The number of fused-ring (bicyclic) bond motifs is 1. The van der Waals surface area contributed by atoms with Crippen LogP contribution in [0.3, 0.4) is 0 Å². The number of hydrogen-bond acceptors (Lipinski definition) is 3. The monoisotopic (exact) mass is 303 g/mol. The zero-order valence-electron chi connectivity index (χ0n) is 13.2. The fourth-order valence-corrected chi connectivity index (χ4v) is 3.48. The zero-order valence-corrected chi connectivity index (χ0v) is 13.2. The number of hydrogen-bond donors (Lipinski definition) is 1. The van der Waals surface area contributed by atoms with E-state index in [-0.39, 0.29) is 0 Å². The lowest BCUT2D eigenvalue weighted by Crippen LogP contribution is -2.45. The quantitative estimate of drug-likeness (QED) is 0.805. The first-order valence-corrected chi connectivity index (χ1v) is 8.25. The number of nitrogens with one attached hydrogen (secondary N) is 1. The lowest BCUT2D eigenvalue weighted by Gasteiger charge is -2.35. The minimum absolute atomic E-state index is 0.296. The number of aromatic nitrogens is 1. The largest absolute Gasteiger partial charge is 0.314 e. The van der Waals surface area contributed by atoms with E-state index < -0.39 is 0 Å². The van der Waals surface area contributed by atoms with Gasteiger partial charge in [-0.05, 0) is 40.1 Å². The fourth-order valence-electron chi connectivity index (χ4n) is 3.48. The molecule has 1 aliphatic rings. The summed E-state index contributed by atoms with van der Waals surface area (Å²) in [6, 6.07) is 20.0. The predicted molar refractivity (Wildman–Crippen MR) is 94.5 cm³/mol. The Bertz CT molecular complexity index is 779. The van der Waals surface area contributed by atoms with E-state index >= 15 is 0 Å². The summed E-state index contributed by atoms with van der Waals surface area (Å²) >= 11 is 0. The number of piperazine rings is 1. The SMILES string of the molecule is c1ccc2cc(C(c3ccncc3)N3CCNCC3)ccc2c1. The summed E-state index contributed by atoms with van der Waals surface area (Å²) in [6.07, 6.45) is 3.79. The van der Waals surface area contributed by atoms with Crippen LogP contribution in [0.1, 0.15) is 17.2 Å². The molecule has 3 aromatic rings. The maximum atomic E-state index is 4.19. The third-order valence-electron chi connectivity index (χ3n) is 4.63. The Labute approximate surface area is 137 Å². The second kappa shape index (κ2) is 6.49. The van der Waals surface area contributed by atoms with Crippen molar-refractivity contribution < 1.29 is 0 Å². The van der Waals surface area contributed by atoms with Crippen molar-refractivity contribution in [3.8, 4) is 0 Å². The third-order valence-corrected chi connectivity index (χ3v) is 4.63. The molecule has 1 fully saturated rings. The second-order valence-electron chi connectivity index (χ2n) is 6.08. The Kier molecular flexibility index (Phi) is 4.05. The van der Waals surface area contributed by atoms with Crippen molar-refractivity contribution in [2.24, 2.45) is 0 Å². The maximum absolute atomic E-state index is 4.19. The predicted octanol–water partition coefficient (Wildman–Crippen LogP) is 3.23. The standard InChI is InChI=1S/C20H21N3/c1-2-4-18-15-19(6-5-16(18)3-1)20(17-7-9-21-10-8-17)23-13-11-22-12-14-23/h1-10,15,20,22H,11-14H2. The van der Waals surface area contributed by atoms with Crippen LogP contribution in [0.15, 0.2) is 67.0 Å².